The van der Waals surface area contributed by atoms with Gasteiger partial charge < -0.3 is 15.0 Å². The van der Waals surface area contributed by atoms with Gasteiger partial charge in [-0.3, -0.25) is 4.79 Å². The number of rotatable bonds is 4. The number of fused-ring (bicyclic) bond motifs is 1. The smallest absolute Gasteiger partial charge is 0.326 e. The molecule has 3 rings (SSSR count). The average molecular weight is 369 g/mol. The van der Waals surface area contributed by atoms with Gasteiger partial charge in [-0.2, -0.15) is 0 Å². The van der Waals surface area contributed by atoms with Gasteiger partial charge in [-0.1, -0.05) is 15.9 Å². The predicted octanol–water partition coefficient (Wildman–Crippen LogP) is 3.15. The zero-order valence-electron chi connectivity index (χ0n) is 11.8. The zero-order valence-corrected chi connectivity index (χ0v) is 13.4. The number of aromatic amines is 1. The molecule has 2 aromatic rings. The standard InChI is InChI=1S/C15H14BrFN2O3/c1-7(15(21)22)19(9-2-3-9)14(20)13-6-10-11(17)4-8(16)5-12(10)18-13/h4-7,9,18H,2-3H2,1H3,(H,21,22). The van der Waals surface area contributed by atoms with E-state index in [0.29, 0.717) is 15.4 Å². The highest BCUT2D eigenvalue weighted by atomic mass is 79.9. The van der Waals surface area contributed by atoms with Crippen LogP contribution in [-0.2, 0) is 4.79 Å². The summed E-state index contributed by atoms with van der Waals surface area (Å²) in [5.74, 6) is -1.90. The van der Waals surface area contributed by atoms with Crippen LogP contribution in [0.15, 0.2) is 22.7 Å². The third kappa shape index (κ3) is 2.61. The lowest BCUT2D eigenvalue weighted by Crippen LogP contribution is -2.44. The summed E-state index contributed by atoms with van der Waals surface area (Å²) in [6.07, 6.45) is 1.59. The number of amides is 1. The van der Waals surface area contributed by atoms with E-state index in [9.17, 15) is 19.1 Å². The van der Waals surface area contributed by atoms with Crippen LogP contribution in [0.5, 0.6) is 0 Å². The van der Waals surface area contributed by atoms with Gasteiger partial charge in [0.1, 0.15) is 17.6 Å². The number of carboxylic acid groups (broad SMARTS) is 1. The molecule has 1 aromatic heterocycles. The average Bonchev–Trinajstić information content (AvgIpc) is 3.17. The molecule has 1 aliphatic rings. The van der Waals surface area contributed by atoms with Crippen LogP contribution < -0.4 is 0 Å². The third-order valence-electron chi connectivity index (χ3n) is 3.83. The van der Waals surface area contributed by atoms with Gasteiger partial charge in [0.15, 0.2) is 0 Å². The van der Waals surface area contributed by atoms with Crippen molar-refractivity contribution in [3.63, 3.8) is 0 Å². The van der Waals surface area contributed by atoms with Crippen LogP contribution in [0.3, 0.4) is 0 Å². The Balaban J connectivity index is 2.00. The molecule has 0 aliphatic heterocycles. The van der Waals surface area contributed by atoms with Crippen molar-refractivity contribution in [2.45, 2.75) is 31.8 Å². The Labute approximate surface area is 134 Å². The molecule has 1 saturated carbocycles. The van der Waals surface area contributed by atoms with Gasteiger partial charge in [0.25, 0.3) is 5.91 Å². The minimum Gasteiger partial charge on any atom is -0.480 e. The first-order chi connectivity index (χ1) is 10.4. The van der Waals surface area contributed by atoms with Crippen LogP contribution in [0.2, 0.25) is 0 Å². The van der Waals surface area contributed by atoms with Crippen molar-refractivity contribution in [3.05, 3.63) is 34.2 Å². The van der Waals surface area contributed by atoms with E-state index in [-0.39, 0.29) is 11.7 Å². The molecule has 0 bridgehead atoms. The lowest BCUT2D eigenvalue weighted by Gasteiger charge is -2.25. The van der Waals surface area contributed by atoms with Crippen LogP contribution in [0.25, 0.3) is 10.9 Å². The van der Waals surface area contributed by atoms with Gasteiger partial charge in [-0.15, -0.1) is 0 Å². The highest BCUT2D eigenvalue weighted by Gasteiger charge is 2.39. The van der Waals surface area contributed by atoms with Crippen LogP contribution >= 0.6 is 15.9 Å². The van der Waals surface area contributed by atoms with Gasteiger partial charge in [-0.05, 0) is 38.0 Å². The van der Waals surface area contributed by atoms with Crippen molar-refractivity contribution in [1.82, 2.24) is 9.88 Å². The second kappa shape index (κ2) is 5.39. The van der Waals surface area contributed by atoms with E-state index in [4.69, 9.17) is 0 Å². The Kier molecular flexibility index (Phi) is 3.68. The maximum absolute atomic E-state index is 13.9. The first kappa shape index (κ1) is 15.0. The quantitative estimate of drug-likeness (QED) is 0.870. The molecule has 1 amide bonds. The maximum Gasteiger partial charge on any atom is 0.326 e. The number of hydrogen-bond donors (Lipinski definition) is 2. The third-order valence-corrected chi connectivity index (χ3v) is 4.29. The maximum atomic E-state index is 13.9. The monoisotopic (exact) mass is 368 g/mol. The van der Waals surface area contributed by atoms with Crippen molar-refractivity contribution in [1.29, 1.82) is 0 Å². The van der Waals surface area contributed by atoms with Crippen molar-refractivity contribution in [3.8, 4) is 0 Å². The summed E-state index contributed by atoms with van der Waals surface area (Å²) in [6, 6.07) is 3.47. The van der Waals surface area contributed by atoms with E-state index in [0.717, 1.165) is 12.8 Å². The van der Waals surface area contributed by atoms with E-state index < -0.39 is 23.7 Å². The highest BCUT2D eigenvalue weighted by Crippen LogP contribution is 2.31. The molecule has 1 aliphatic carbocycles. The zero-order chi connectivity index (χ0) is 16.0. The van der Waals surface area contributed by atoms with Crippen molar-refractivity contribution < 1.29 is 19.1 Å². The van der Waals surface area contributed by atoms with E-state index in [1.807, 2.05) is 0 Å². The molecule has 0 radical (unpaired) electrons. The fourth-order valence-electron chi connectivity index (χ4n) is 2.54. The van der Waals surface area contributed by atoms with Crippen molar-refractivity contribution in [2.24, 2.45) is 0 Å². The number of benzene rings is 1. The number of H-pyrrole nitrogens is 1. The molecule has 1 unspecified atom stereocenters. The van der Waals surface area contributed by atoms with Crippen LogP contribution in [0, 0.1) is 5.82 Å². The molecule has 1 atom stereocenters. The molecule has 0 spiro atoms. The first-order valence-corrected chi connectivity index (χ1v) is 7.71. The molecule has 7 heteroatoms. The Bertz CT molecular complexity index is 769. The van der Waals surface area contributed by atoms with Crippen molar-refractivity contribution >= 4 is 38.7 Å². The first-order valence-electron chi connectivity index (χ1n) is 6.91. The summed E-state index contributed by atoms with van der Waals surface area (Å²) in [5, 5.41) is 9.49. The highest BCUT2D eigenvalue weighted by molar-refractivity contribution is 9.10. The van der Waals surface area contributed by atoms with Gasteiger partial charge in [0.05, 0.1) is 5.52 Å². The number of carbonyl (C=O) groups is 2. The molecule has 1 aromatic carbocycles. The molecule has 0 saturated heterocycles. The Morgan fingerprint density at radius 2 is 2.09 bits per heavy atom. The number of aromatic nitrogens is 1. The minimum absolute atomic E-state index is 0.0541. The van der Waals surface area contributed by atoms with Crippen LogP contribution in [0.1, 0.15) is 30.3 Å². The summed E-state index contributed by atoms with van der Waals surface area (Å²) < 4.78 is 14.5. The van der Waals surface area contributed by atoms with Gasteiger partial charge in [0, 0.05) is 15.9 Å². The number of carboxylic acids is 1. The van der Waals surface area contributed by atoms with E-state index in [1.165, 1.54) is 24.0 Å². The second-order valence-corrected chi connectivity index (χ2v) is 6.41. The number of halogens is 2. The SMILES string of the molecule is CC(C(=O)O)N(C(=O)c1cc2c(F)cc(Br)cc2[nH]1)C1CC1. The molecular weight excluding hydrogens is 355 g/mol. The normalized spacial score (nSPS) is 15.8. The van der Waals surface area contributed by atoms with E-state index in [2.05, 4.69) is 20.9 Å². The second-order valence-electron chi connectivity index (χ2n) is 5.49. The summed E-state index contributed by atoms with van der Waals surface area (Å²) in [6.45, 7) is 1.48. The molecule has 1 heterocycles. The Hall–Kier alpha value is -1.89. The van der Waals surface area contributed by atoms with E-state index in [1.54, 1.807) is 6.07 Å². The number of hydrogen-bond acceptors (Lipinski definition) is 2. The number of nitrogens with one attached hydrogen (secondary N) is 1. The lowest BCUT2D eigenvalue weighted by molar-refractivity contribution is -0.141. The fraction of sp³-hybridized carbons (Fsp3) is 0.333. The Morgan fingerprint density at radius 3 is 2.68 bits per heavy atom. The summed E-state index contributed by atoms with van der Waals surface area (Å²) in [7, 11) is 0. The number of carbonyl (C=O) groups excluding carboxylic acids is 1. The lowest BCUT2D eigenvalue weighted by atomic mass is 10.2. The molecule has 22 heavy (non-hydrogen) atoms. The summed E-state index contributed by atoms with van der Waals surface area (Å²) in [4.78, 5) is 28.1. The predicted molar refractivity (Wildman–Crippen MR) is 82.2 cm³/mol. The minimum atomic E-state index is -1.05. The van der Waals surface area contributed by atoms with Gasteiger partial charge in [-0.25, -0.2) is 9.18 Å². The Morgan fingerprint density at radius 1 is 1.41 bits per heavy atom. The molecular formula is C15H14BrFN2O3. The molecule has 1 fully saturated rings. The van der Waals surface area contributed by atoms with Gasteiger partial charge >= 0.3 is 5.97 Å². The molecule has 2 N–H and O–H groups in total. The van der Waals surface area contributed by atoms with E-state index >= 15 is 0 Å². The molecule has 5 nitrogen and oxygen atoms in total. The topological polar surface area (TPSA) is 73.4 Å². The number of aliphatic carboxylic acids is 1. The largest absolute Gasteiger partial charge is 0.480 e. The molecule has 116 valence electrons. The summed E-state index contributed by atoms with van der Waals surface area (Å²) in [5.41, 5.74) is 0.695. The number of nitrogens with zero attached hydrogens (tertiary/aromatic N) is 1. The fourth-order valence-corrected chi connectivity index (χ4v) is 2.97. The van der Waals surface area contributed by atoms with Crippen LogP contribution in [-0.4, -0.2) is 39.0 Å². The van der Waals surface area contributed by atoms with Crippen LogP contribution in [0.4, 0.5) is 4.39 Å². The summed E-state index contributed by atoms with van der Waals surface area (Å²) >= 11 is 3.20. The van der Waals surface area contributed by atoms with Gasteiger partial charge in [0.2, 0.25) is 0 Å². The van der Waals surface area contributed by atoms with Crippen molar-refractivity contribution in [2.75, 3.05) is 0 Å².